The number of nitrogens with zero attached hydrogens (tertiary/aromatic N) is 1. The number of aliphatic hydroxyl groups is 1. The van der Waals surface area contributed by atoms with Crippen LogP contribution in [0.25, 0.3) is 0 Å². The van der Waals surface area contributed by atoms with Crippen molar-refractivity contribution in [2.24, 2.45) is 0 Å². The number of carbonyl (C=O) groups is 1. The zero-order valence-corrected chi connectivity index (χ0v) is 12.9. The largest absolute Gasteiger partial charge is 0.394 e. The minimum Gasteiger partial charge on any atom is -0.394 e. The van der Waals surface area contributed by atoms with E-state index in [4.69, 9.17) is 0 Å². The van der Waals surface area contributed by atoms with Gasteiger partial charge in [0.1, 0.15) is 0 Å². The summed E-state index contributed by atoms with van der Waals surface area (Å²) >= 11 is 0. The van der Waals surface area contributed by atoms with Gasteiger partial charge in [0.25, 0.3) is 0 Å². The molecule has 1 aromatic rings. The summed E-state index contributed by atoms with van der Waals surface area (Å²) < 4.78 is 0. The van der Waals surface area contributed by atoms with Crippen LogP contribution in [0.2, 0.25) is 0 Å². The number of hydrogen-bond acceptors (Lipinski definition) is 2. The molecule has 3 unspecified atom stereocenters. The van der Waals surface area contributed by atoms with Crippen molar-refractivity contribution < 1.29 is 9.90 Å². The Balaban J connectivity index is 1.53. The number of aliphatic hydroxyl groups excluding tert-OH is 1. The van der Waals surface area contributed by atoms with E-state index in [0.29, 0.717) is 5.92 Å². The fraction of sp³-hybridized carbons (Fsp3) is 0.611. The molecular formula is C18H24N2O2. The molecular weight excluding hydrogens is 276 g/mol. The summed E-state index contributed by atoms with van der Waals surface area (Å²) in [4.78, 5) is 14.4. The monoisotopic (exact) mass is 300 g/mol. The molecule has 1 aliphatic heterocycles. The molecule has 3 aliphatic rings. The maximum atomic E-state index is 12.6. The molecule has 0 aromatic heterocycles. The Kier molecular flexibility index (Phi) is 3.57. The molecule has 0 saturated carbocycles. The van der Waals surface area contributed by atoms with E-state index in [-0.39, 0.29) is 24.7 Å². The average Bonchev–Trinajstić information content (AvgIpc) is 3.14. The number of benzene rings is 1. The molecule has 2 N–H and O–H groups in total. The molecule has 2 amide bonds. The van der Waals surface area contributed by atoms with Gasteiger partial charge in [0.15, 0.2) is 0 Å². The van der Waals surface area contributed by atoms with E-state index >= 15 is 0 Å². The molecule has 0 spiro atoms. The third kappa shape index (κ3) is 2.21. The van der Waals surface area contributed by atoms with E-state index < -0.39 is 0 Å². The van der Waals surface area contributed by atoms with Crippen LogP contribution in [0.4, 0.5) is 4.79 Å². The van der Waals surface area contributed by atoms with Crippen LogP contribution in [-0.2, 0) is 6.42 Å². The van der Waals surface area contributed by atoms with Crippen molar-refractivity contribution in [1.29, 1.82) is 0 Å². The molecule has 1 saturated heterocycles. The standard InChI is InChI=1S/C18H24N2O2/c21-11-14-7-3-9-20(14)18(22)19-16-10-13-6-1-4-12-5-2-8-15(16)17(12)13/h2,5,8,13-14,16,21H,1,3-4,6-7,9-11H2,(H,19,22). The highest BCUT2D eigenvalue weighted by Gasteiger charge is 2.37. The number of carbonyl (C=O) groups excluding carboxylic acids is 1. The normalized spacial score (nSPS) is 29.5. The third-order valence-corrected chi connectivity index (χ3v) is 5.68. The second kappa shape index (κ2) is 5.58. The van der Waals surface area contributed by atoms with Crippen LogP contribution in [0, 0.1) is 0 Å². The first kappa shape index (κ1) is 14.1. The summed E-state index contributed by atoms with van der Waals surface area (Å²) in [5, 5.41) is 12.6. The lowest BCUT2D eigenvalue weighted by molar-refractivity contribution is 0.154. The molecule has 4 nitrogen and oxygen atoms in total. The van der Waals surface area contributed by atoms with Crippen LogP contribution < -0.4 is 5.32 Å². The number of rotatable bonds is 2. The second-order valence-corrected chi connectivity index (χ2v) is 6.92. The van der Waals surface area contributed by atoms with Gasteiger partial charge in [-0.05, 0) is 61.1 Å². The van der Waals surface area contributed by atoms with E-state index in [0.717, 1.165) is 25.8 Å². The lowest BCUT2D eigenvalue weighted by Crippen LogP contribution is -2.45. The van der Waals surface area contributed by atoms with Crippen LogP contribution in [-0.4, -0.2) is 35.2 Å². The summed E-state index contributed by atoms with van der Waals surface area (Å²) in [6.45, 7) is 0.835. The Morgan fingerprint density at radius 1 is 1.32 bits per heavy atom. The van der Waals surface area contributed by atoms with E-state index in [9.17, 15) is 9.90 Å². The van der Waals surface area contributed by atoms with Crippen LogP contribution in [0.3, 0.4) is 0 Å². The van der Waals surface area contributed by atoms with Gasteiger partial charge < -0.3 is 15.3 Å². The first-order valence-electron chi connectivity index (χ1n) is 8.57. The Morgan fingerprint density at radius 2 is 2.23 bits per heavy atom. The number of likely N-dealkylation sites (tertiary alicyclic amines) is 1. The minimum atomic E-state index is -0.00204. The number of hydrogen-bond donors (Lipinski definition) is 2. The van der Waals surface area contributed by atoms with E-state index in [2.05, 4.69) is 23.5 Å². The van der Waals surface area contributed by atoms with Crippen molar-refractivity contribution in [1.82, 2.24) is 10.2 Å². The number of amides is 2. The Hall–Kier alpha value is -1.55. The predicted molar refractivity (Wildman–Crippen MR) is 84.8 cm³/mol. The quantitative estimate of drug-likeness (QED) is 0.882. The molecule has 3 atom stereocenters. The van der Waals surface area contributed by atoms with Gasteiger partial charge in [0, 0.05) is 6.54 Å². The highest BCUT2D eigenvalue weighted by molar-refractivity contribution is 5.76. The van der Waals surface area contributed by atoms with Gasteiger partial charge in [-0.15, -0.1) is 0 Å². The Morgan fingerprint density at radius 3 is 3.09 bits per heavy atom. The van der Waals surface area contributed by atoms with Crippen molar-refractivity contribution in [2.75, 3.05) is 13.2 Å². The van der Waals surface area contributed by atoms with Gasteiger partial charge in [-0.1, -0.05) is 18.2 Å². The van der Waals surface area contributed by atoms with Crippen molar-refractivity contribution in [3.63, 3.8) is 0 Å². The molecule has 4 rings (SSSR count). The highest BCUT2D eigenvalue weighted by Crippen LogP contribution is 2.47. The summed E-state index contributed by atoms with van der Waals surface area (Å²) in [5.41, 5.74) is 4.33. The third-order valence-electron chi connectivity index (χ3n) is 5.68. The number of aryl methyl sites for hydroxylation is 1. The van der Waals surface area contributed by atoms with Gasteiger partial charge in [-0.3, -0.25) is 0 Å². The zero-order chi connectivity index (χ0) is 15.1. The first-order valence-corrected chi connectivity index (χ1v) is 8.57. The molecule has 0 bridgehead atoms. The van der Waals surface area contributed by atoms with E-state index in [1.807, 2.05) is 4.90 Å². The SMILES string of the molecule is O=C(NC1CC2CCCc3cccc1c32)N1CCCC1CO. The summed E-state index contributed by atoms with van der Waals surface area (Å²) in [7, 11) is 0. The minimum absolute atomic E-state index is 0.00121. The highest BCUT2D eigenvalue weighted by atomic mass is 16.3. The smallest absolute Gasteiger partial charge is 0.318 e. The van der Waals surface area contributed by atoms with E-state index in [1.54, 1.807) is 0 Å². The zero-order valence-electron chi connectivity index (χ0n) is 12.9. The molecule has 1 aromatic carbocycles. The van der Waals surface area contributed by atoms with Gasteiger partial charge in [-0.25, -0.2) is 4.79 Å². The molecule has 0 radical (unpaired) electrons. The van der Waals surface area contributed by atoms with Gasteiger partial charge in [0.05, 0.1) is 18.7 Å². The fourth-order valence-corrected chi connectivity index (χ4v) is 4.64. The molecule has 118 valence electrons. The molecule has 4 heteroatoms. The number of nitrogens with one attached hydrogen (secondary N) is 1. The fourth-order valence-electron chi connectivity index (χ4n) is 4.64. The molecule has 2 aliphatic carbocycles. The van der Waals surface area contributed by atoms with Crippen molar-refractivity contribution >= 4 is 6.03 Å². The molecule has 1 heterocycles. The van der Waals surface area contributed by atoms with Crippen molar-refractivity contribution in [2.45, 2.75) is 56.5 Å². The Bertz CT molecular complexity index is 586. The van der Waals surface area contributed by atoms with Gasteiger partial charge in [-0.2, -0.15) is 0 Å². The summed E-state index contributed by atoms with van der Waals surface area (Å²) in [6.07, 6.45) is 6.64. The van der Waals surface area contributed by atoms with Crippen molar-refractivity contribution in [3.05, 3.63) is 34.9 Å². The summed E-state index contributed by atoms with van der Waals surface area (Å²) in [5.74, 6) is 0.623. The lowest BCUT2D eigenvalue weighted by Gasteiger charge is -2.26. The summed E-state index contributed by atoms with van der Waals surface area (Å²) in [6, 6.07) is 6.70. The Labute approximate surface area is 131 Å². The van der Waals surface area contributed by atoms with E-state index in [1.165, 1.54) is 36.0 Å². The maximum absolute atomic E-state index is 12.6. The first-order chi connectivity index (χ1) is 10.8. The van der Waals surface area contributed by atoms with Crippen LogP contribution in [0.1, 0.15) is 60.8 Å². The van der Waals surface area contributed by atoms with Crippen LogP contribution >= 0.6 is 0 Å². The predicted octanol–water partition coefficient (Wildman–Crippen LogP) is 2.72. The van der Waals surface area contributed by atoms with Gasteiger partial charge in [0.2, 0.25) is 0 Å². The number of urea groups is 1. The molecule has 1 fully saturated rings. The van der Waals surface area contributed by atoms with Crippen LogP contribution in [0.5, 0.6) is 0 Å². The topological polar surface area (TPSA) is 52.6 Å². The second-order valence-electron chi connectivity index (χ2n) is 6.92. The van der Waals surface area contributed by atoms with Gasteiger partial charge >= 0.3 is 6.03 Å². The molecule has 22 heavy (non-hydrogen) atoms. The van der Waals surface area contributed by atoms with Crippen LogP contribution in [0.15, 0.2) is 18.2 Å². The lowest BCUT2D eigenvalue weighted by atomic mass is 9.84. The average molecular weight is 300 g/mol. The maximum Gasteiger partial charge on any atom is 0.318 e. The van der Waals surface area contributed by atoms with Crippen molar-refractivity contribution in [3.8, 4) is 0 Å².